The van der Waals surface area contributed by atoms with Crippen LogP contribution in [0.15, 0.2) is 6.33 Å². The lowest BCUT2D eigenvalue weighted by molar-refractivity contribution is 0.232. The fraction of sp³-hybridized carbons (Fsp3) is 0.867. The second-order valence-corrected chi connectivity index (χ2v) is 6.02. The molecule has 0 radical (unpaired) electrons. The van der Waals surface area contributed by atoms with Gasteiger partial charge in [-0.2, -0.15) is 5.10 Å². The topological polar surface area (TPSA) is 42.7 Å². The van der Waals surface area contributed by atoms with Gasteiger partial charge < -0.3 is 5.32 Å². The first-order valence-corrected chi connectivity index (χ1v) is 7.78. The summed E-state index contributed by atoms with van der Waals surface area (Å²) in [6.07, 6.45) is 9.29. The third kappa shape index (κ3) is 3.78. The second kappa shape index (κ2) is 7.04. The Hall–Kier alpha value is -0.900. The van der Waals surface area contributed by atoms with Crippen LogP contribution >= 0.6 is 0 Å². The van der Waals surface area contributed by atoms with Gasteiger partial charge >= 0.3 is 0 Å². The Morgan fingerprint density at radius 3 is 2.74 bits per heavy atom. The van der Waals surface area contributed by atoms with Crippen LogP contribution in [-0.2, 0) is 13.0 Å². The molecule has 0 spiro atoms. The molecule has 108 valence electrons. The molecule has 1 atom stereocenters. The molecule has 0 aliphatic heterocycles. The zero-order valence-electron chi connectivity index (χ0n) is 12.6. The lowest BCUT2D eigenvalue weighted by Gasteiger charge is -2.32. The van der Waals surface area contributed by atoms with Crippen LogP contribution in [-0.4, -0.2) is 27.9 Å². The Labute approximate surface area is 117 Å². The summed E-state index contributed by atoms with van der Waals surface area (Å²) in [7, 11) is 2.09. The number of hydrogen-bond donors (Lipinski definition) is 1. The normalized spacial score (nSPS) is 25.4. The maximum absolute atomic E-state index is 4.44. The molecule has 19 heavy (non-hydrogen) atoms. The van der Waals surface area contributed by atoms with Gasteiger partial charge in [0, 0.05) is 19.0 Å². The standard InChI is InChI=1S/C15H28N4/c1-4-9-19-15(17-11-18-19)10-14(16-3)13-7-5-12(2)6-8-13/h11-14,16H,4-10H2,1-3H3. The molecule has 4 heteroatoms. The average molecular weight is 264 g/mol. The highest BCUT2D eigenvalue weighted by molar-refractivity contribution is 4.93. The van der Waals surface area contributed by atoms with Gasteiger partial charge in [-0.15, -0.1) is 0 Å². The first kappa shape index (κ1) is 14.5. The van der Waals surface area contributed by atoms with Gasteiger partial charge in [-0.3, -0.25) is 4.68 Å². The van der Waals surface area contributed by atoms with Gasteiger partial charge in [0.2, 0.25) is 0 Å². The highest BCUT2D eigenvalue weighted by Crippen LogP contribution is 2.31. The molecular weight excluding hydrogens is 236 g/mol. The molecule has 1 saturated carbocycles. The molecule has 1 N–H and O–H groups in total. The number of likely N-dealkylation sites (N-methyl/N-ethyl adjacent to an activating group) is 1. The molecule has 1 unspecified atom stereocenters. The summed E-state index contributed by atoms with van der Waals surface area (Å²) in [5.74, 6) is 2.85. The van der Waals surface area contributed by atoms with Crippen molar-refractivity contribution in [2.45, 2.75) is 65.0 Å². The van der Waals surface area contributed by atoms with Gasteiger partial charge in [-0.25, -0.2) is 4.98 Å². The largest absolute Gasteiger partial charge is 0.316 e. The molecule has 1 aliphatic carbocycles. The number of rotatable bonds is 6. The Bertz CT molecular complexity index is 366. The van der Waals surface area contributed by atoms with E-state index in [1.54, 1.807) is 6.33 Å². The van der Waals surface area contributed by atoms with Gasteiger partial charge in [0.15, 0.2) is 0 Å². The maximum atomic E-state index is 4.44. The van der Waals surface area contributed by atoms with Gasteiger partial charge in [-0.05, 0) is 38.1 Å². The van der Waals surface area contributed by atoms with Crippen molar-refractivity contribution in [3.8, 4) is 0 Å². The Morgan fingerprint density at radius 2 is 2.11 bits per heavy atom. The molecule has 1 fully saturated rings. The van der Waals surface area contributed by atoms with Gasteiger partial charge in [0.1, 0.15) is 12.2 Å². The summed E-state index contributed by atoms with van der Waals surface area (Å²) < 4.78 is 2.07. The molecular formula is C15H28N4. The summed E-state index contributed by atoms with van der Waals surface area (Å²) >= 11 is 0. The minimum absolute atomic E-state index is 0.548. The van der Waals surface area contributed by atoms with Crippen molar-refractivity contribution in [3.05, 3.63) is 12.2 Å². The van der Waals surface area contributed by atoms with E-state index in [0.717, 1.165) is 37.0 Å². The van der Waals surface area contributed by atoms with Crippen molar-refractivity contribution in [3.63, 3.8) is 0 Å². The molecule has 1 aliphatic rings. The van der Waals surface area contributed by atoms with Crippen molar-refractivity contribution in [1.29, 1.82) is 0 Å². The number of nitrogens with one attached hydrogen (secondary N) is 1. The predicted octanol–water partition coefficient (Wildman–Crippen LogP) is 2.64. The minimum atomic E-state index is 0.548. The molecule has 2 rings (SSSR count). The number of aromatic nitrogens is 3. The highest BCUT2D eigenvalue weighted by atomic mass is 15.3. The maximum Gasteiger partial charge on any atom is 0.138 e. The SMILES string of the molecule is CCCn1ncnc1CC(NC)C1CCC(C)CC1. The van der Waals surface area contributed by atoms with Gasteiger partial charge in [0.25, 0.3) is 0 Å². The number of nitrogens with zero attached hydrogens (tertiary/aromatic N) is 3. The molecule has 0 amide bonds. The highest BCUT2D eigenvalue weighted by Gasteiger charge is 2.26. The Morgan fingerprint density at radius 1 is 1.37 bits per heavy atom. The van der Waals surface area contributed by atoms with Crippen molar-refractivity contribution >= 4 is 0 Å². The Kier molecular flexibility index (Phi) is 5.37. The smallest absolute Gasteiger partial charge is 0.138 e. The van der Waals surface area contributed by atoms with Crippen LogP contribution in [0.5, 0.6) is 0 Å². The van der Waals surface area contributed by atoms with E-state index in [1.165, 1.54) is 25.7 Å². The van der Waals surface area contributed by atoms with E-state index in [-0.39, 0.29) is 0 Å². The summed E-state index contributed by atoms with van der Waals surface area (Å²) in [6.45, 7) is 5.54. The monoisotopic (exact) mass is 264 g/mol. The summed E-state index contributed by atoms with van der Waals surface area (Å²) in [4.78, 5) is 4.44. The van der Waals surface area contributed by atoms with Crippen LogP contribution in [0.1, 0.15) is 51.8 Å². The van der Waals surface area contributed by atoms with Crippen LogP contribution in [0.25, 0.3) is 0 Å². The molecule has 1 aromatic heterocycles. The first-order chi connectivity index (χ1) is 9.24. The zero-order valence-corrected chi connectivity index (χ0v) is 12.6. The van der Waals surface area contributed by atoms with Crippen LogP contribution in [0.3, 0.4) is 0 Å². The molecule has 4 nitrogen and oxygen atoms in total. The van der Waals surface area contributed by atoms with Crippen LogP contribution < -0.4 is 5.32 Å². The fourth-order valence-corrected chi connectivity index (χ4v) is 3.23. The quantitative estimate of drug-likeness (QED) is 0.859. The first-order valence-electron chi connectivity index (χ1n) is 7.78. The van der Waals surface area contributed by atoms with Gasteiger partial charge in [0.05, 0.1) is 0 Å². The van der Waals surface area contributed by atoms with E-state index < -0.39 is 0 Å². The summed E-state index contributed by atoms with van der Waals surface area (Å²) in [5, 5.41) is 7.84. The lowest BCUT2D eigenvalue weighted by Crippen LogP contribution is -2.38. The van der Waals surface area contributed by atoms with E-state index in [4.69, 9.17) is 0 Å². The average Bonchev–Trinajstić information content (AvgIpc) is 2.85. The number of aryl methyl sites for hydroxylation is 1. The van der Waals surface area contributed by atoms with Crippen molar-refractivity contribution in [2.24, 2.45) is 11.8 Å². The fourth-order valence-electron chi connectivity index (χ4n) is 3.23. The molecule has 1 heterocycles. The van der Waals surface area contributed by atoms with E-state index in [1.807, 2.05) is 0 Å². The zero-order chi connectivity index (χ0) is 13.7. The van der Waals surface area contributed by atoms with Crippen molar-refractivity contribution in [2.75, 3.05) is 7.05 Å². The van der Waals surface area contributed by atoms with Crippen LogP contribution in [0, 0.1) is 11.8 Å². The van der Waals surface area contributed by atoms with E-state index in [0.29, 0.717) is 6.04 Å². The molecule has 1 aromatic rings. The summed E-state index contributed by atoms with van der Waals surface area (Å²) in [5.41, 5.74) is 0. The second-order valence-electron chi connectivity index (χ2n) is 6.02. The molecule has 0 bridgehead atoms. The van der Waals surface area contributed by atoms with Crippen LogP contribution in [0.2, 0.25) is 0 Å². The molecule has 0 saturated heterocycles. The minimum Gasteiger partial charge on any atom is -0.316 e. The predicted molar refractivity (Wildman–Crippen MR) is 78.0 cm³/mol. The van der Waals surface area contributed by atoms with E-state index in [9.17, 15) is 0 Å². The number of hydrogen-bond acceptors (Lipinski definition) is 3. The van der Waals surface area contributed by atoms with Crippen LogP contribution in [0.4, 0.5) is 0 Å². The van der Waals surface area contributed by atoms with Crippen molar-refractivity contribution in [1.82, 2.24) is 20.1 Å². The van der Waals surface area contributed by atoms with E-state index in [2.05, 4.69) is 41.0 Å². The summed E-state index contributed by atoms with van der Waals surface area (Å²) in [6, 6.07) is 0.548. The van der Waals surface area contributed by atoms with Gasteiger partial charge in [-0.1, -0.05) is 26.7 Å². The Balaban J connectivity index is 1.96. The lowest BCUT2D eigenvalue weighted by atomic mass is 9.78. The van der Waals surface area contributed by atoms with Crippen molar-refractivity contribution < 1.29 is 0 Å². The molecule has 0 aromatic carbocycles. The van der Waals surface area contributed by atoms with E-state index >= 15 is 0 Å². The third-order valence-corrected chi connectivity index (χ3v) is 4.53. The third-order valence-electron chi connectivity index (χ3n) is 4.53.